The number of amides is 1. The summed E-state index contributed by atoms with van der Waals surface area (Å²) >= 11 is 0. The fourth-order valence-electron chi connectivity index (χ4n) is 5.02. The van der Waals surface area contributed by atoms with Gasteiger partial charge in [0.15, 0.2) is 0 Å². The summed E-state index contributed by atoms with van der Waals surface area (Å²) in [5, 5.41) is 0. The second kappa shape index (κ2) is 12.8. The molecule has 0 saturated carbocycles. The topological polar surface area (TPSA) is 40.6 Å². The summed E-state index contributed by atoms with van der Waals surface area (Å²) in [6, 6.07) is 9.62. The Morgan fingerprint density at radius 3 is 2.20 bits per heavy atom. The molecule has 1 unspecified atom stereocenters. The summed E-state index contributed by atoms with van der Waals surface area (Å²) in [6.07, 6.45) is 5.14. The Bertz CT molecular complexity index is 992. The van der Waals surface area contributed by atoms with Crippen molar-refractivity contribution in [3.63, 3.8) is 0 Å². The number of likely N-dealkylation sites (tertiary alicyclic amines) is 2. The number of rotatable bonds is 4. The predicted octanol–water partition coefficient (Wildman–Crippen LogP) is 4.74. The van der Waals surface area contributed by atoms with Gasteiger partial charge in [-0.25, -0.2) is 8.78 Å². The predicted molar refractivity (Wildman–Crippen MR) is 125 cm³/mol. The van der Waals surface area contributed by atoms with Crippen molar-refractivity contribution in [2.24, 2.45) is 11.3 Å². The quantitative estimate of drug-likeness (QED) is 0.397. The standard InChI is InChI=1S/C20H28FN2O.C7H3F2O.Nb/c1-15(2)12-19(24)23-10-8-20(9-11-23)14-22(3)13-18(20)16-4-6-17(21)7-5-16;8-6-1-2-7(9)5(3-6)4-10;/h4-7,12,15,18H,8-11,13-14H2,1-3H3;1-3H;/q2*-1;+2. The molecule has 2 aliphatic heterocycles. The smallest absolute Gasteiger partial charge is 0.376 e. The molecule has 0 aliphatic carbocycles. The van der Waals surface area contributed by atoms with E-state index in [0.717, 1.165) is 57.2 Å². The number of halogens is 3. The molecule has 1 amide bonds. The SMILES string of the molecule is CC(C)[CH-]C(=O)N1CCC2(CC1)CN(C)CC2c1ccc(F)cc1.O=[C-]c1cc(F)ccc1F.[Nb+2]. The van der Waals surface area contributed by atoms with Crippen molar-refractivity contribution in [3.05, 3.63) is 77.5 Å². The largest absolute Gasteiger partial charge is 2.00 e. The van der Waals surface area contributed by atoms with Gasteiger partial charge in [-0.1, -0.05) is 32.0 Å². The van der Waals surface area contributed by atoms with Crippen LogP contribution in [0.5, 0.6) is 0 Å². The molecule has 0 aromatic heterocycles. The first-order valence-electron chi connectivity index (χ1n) is 11.5. The van der Waals surface area contributed by atoms with Crippen molar-refractivity contribution >= 4 is 12.2 Å². The van der Waals surface area contributed by atoms with Gasteiger partial charge in [0.2, 0.25) is 0 Å². The average molecular weight is 565 g/mol. The molecule has 1 radical (unpaired) electrons. The molecule has 2 saturated heterocycles. The van der Waals surface area contributed by atoms with E-state index in [1.54, 1.807) is 12.1 Å². The van der Waals surface area contributed by atoms with Crippen LogP contribution >= 0.6 is 0 Å². The van der Waals surface area contributed by atoms with Gasteiger partial charge in [-0.3, -0.25) is 4.39 Å². The molecule has 4 rings (SSSR count). The molecule has 1 spiro atoms. The van der Waals surface area contributed by atoms with Crippen LogP contribution in [-0.2, 0) is 32.0 Å². The Morgan fingerprint density at radius 1 is 1.06 bits per heavy atom. The van der Waals surface area contributed by atoms with Crippen molar-refractivity contribution in [1.29, 1.82) is 0 Å². The van der Waals surface area contributed by atoms with Gasteiger partial charge >= 0.3 is 22.4 Å². The van der Waals surface area contributed by atoms with Crippen molar-refractivity contribution < 1.29 is 45.1 Å². The van der Waals surface area contributed by atoms with E-state index in [-0.39, 0.29) is 51.0 Å². The number of hydrogen-bond donors (Lipinski definition) is 0. The van der Waals surface area contributed by atoms with Crippen LogP contribution in [0.4, 0.5) is 13.2 Å². The van der Waals surface area contributed by atoms with Gasteiger partial charge in [-0.2, -0.15) is 5.92 Å². The first-order chi connectivity index (χ1) is 16.1. The van der Waals surface area contributed by atoms with Crippen LogP contribution in [0.3, 0.4) is 0 Å². The second-order valence-corrected chi connectivity index (χ2v) is 9.63. The summed E-state index contributed by atoms with van der Waals surface area (Å²) in [4.78, 5) is 26.5. The number of hydrogen-bond acceptors (Lipinski definition) is 3. The van der Waals surface area contributed by atoms with Crippen LogP contribution < -0.4 is 0 Å². The van der Waals surface area contributed by atoms with E-state index in [1.807, 2.05) is 37.3 Å². The van der Waals surface area contributed by atoms with Gasteiger partial charge in [0.25, 0.3) is 0 Å². The summed E-state index contributed by atoms with van der Waals surface area (Å²) in [5.74, 6) is -0.683. The minimum absolute atomic E-state index is 0. The van der Waals surface area contributed by atoms with Crippen molar-refractivity contribution in [2.45, 2.75) is 32.6 Å². The zero-order chi connectivity index (χ0) is 24.9. The Balaban J connectivity index is 0.000000332. The average Bonchev–Trinajstić information content (AvgIpc) is 3.11. The van der Waals surface area contributed by atoms with E-state index in [0.29, 0.717) is 5.92 Å². The molecule has 2 aromatic carbocycles. The van der Waals surface area contributed by atoms with Gasteiger partial charge in [0.05, 0.1) is 18.0 Å². The zero-order valence-electron chi connectivity index (χ0n) is 20.3. The van der Waals surface area contributed by atoms with Crippen molar-refractivity contribution in [3.8, 4) is 0 Å². The molecule has 2 aliphatic rings. The molecule has 35 heavy (non-hydrogen) atoms. The van der Waals surface area contributed by atoms with Crippen LogP contribution in [0.1, 0.15) is 43.7 Å². The minimum atomic E-state index is -0.753. The van der Waals surface area contributed by atoms with E-state index in [2.05, 4.69) is 11.9 Å². The minimum Gasteiger partial charge on any atom is -0.376 e. The molecular formula is C27H31F3N2NbO2. The number of benzene rings is 2. The molecule has 0 N–H and O–H groups in total. The maximum atomic E-state index is 13.3. The van der Waals surface area contributed by atoms with E-state index < -0.39 is 11.6 Å². The number of piperidine rings is 1. The second-order valence-electron chi connectivity index (χ2n) is 9.63. The normalized spacial score (nSPS) is 19.1. The zero-order valence-corrected chi connectivity index (χ0v) is 22.5. The van der Waals surface area contributed by atoms with Crippen LogP contribution in [-0.4, -0.2) is 55.2 Å². The number of likely N-dealkylation sites (N-methyl/N-ethyl adjacent to an activating group) is 1. The Morgan fingerprint density at radius 2 is 1.66 bits per heavy atom. The third-order valence-electron chi connectivity index (χ3n) is 6.68. The van der Waals surface area contributed by atoms with Crippen LogP contribution in [0.25, 0.3) is 0 Å². The van der Waals surface area contributed by atoms with Crippen LogP contribution in [0, 0.1) is 35.2 Å². The van der Waals surface area contributed by atoms with E-state index >= 15 is 0 Å². The van der Waals surface area contributed by atoms with E-state index in [9.17, 15) is 22.8 Å². The first-order valence-corrected chi connectivity index (χ1v) is 11.5. The summed E-state index contributed by atoms with van der Waals surface area (Å²) in [5.41, 5.74) is 1.07. The molecule has 0 bridgehead atoms. The molecular weight excluding hydrogens is 534 g/mol. The van der Waals surface area contributed by atoms with Crippen LogP contribution in [0.2, 0.25) is 0 Å². The number of carbonyl (C=O) groups excluding carboxylic acids is 2. The first kappa shape index (κ1) is 29.2. The van der Waals surface area contributed by atoms with E-state index in [1.165, 1.54) is 11.8 Å². The monoisotopic (exact) mass is 565 g/mol. The van der Waals surface area contributed by atoms with Gasteiger partial charge in [0, 0.05) is 37.9 Å². The summed E-state index contributed by atoms with van der Waals surface area (Å²) in [7, 11) is 2.16. The maximum absolute atomic E-state index is 13.3. The van der Waals surface area contributed by atoms with Gasteiger partial charge in [0.1, 0.15) is 5.82 Å². The molecule has 2 heterocycles. The maximum Gasteiger partial charge on any atom is 2.00 e. The molecule has 2 fully saturated rings. The van der Waals surface area contributed by atoms with Gasteiger partial charge < -0.3 is 25.8 Å². The molecule has 2 aromatic rings. The molecule has 187 valence electrons. The van der Waals surface area contributed by atoms with E-state index in [4.69, 9.17) is 0 Å². The molecule has 1 atom stereocenters. The fourth-order valence-corrected chi connectivity index (χ4v) is 5.02. The summed E-state index contributed by atoms with van der Waals surface area (Å²) < 4.78 is 37.8. The molecule has 4 nitrogen and oxygen atoms in total. The third-order valence-corrected chi connectivity index (χ3v) is 6.68. The summed E-state index contributed by atoms with van der Waals surface area (Å²) in [6.45, 7) is 7.81. The number of carbonyl (C=O) groups is 1. The van der Waals surface area contributed by atoms with Crippen LogP contribution in [0.15, 0.2) is 42.5 Å². The number of nitrogens with zero attached hydrogens (tertiary/aromatic N) is 2. The van der Waals surface area contributed by atoms with Gasteiger partial charge in [-0.05, 0) is 49.1 Å². The van der Waals surface area contributed by atoms with Crippen molar-refractivity contribution in [2.75, 3.05) is 33.2 Å². The Hall–Kier alpha value is -2.06. The fraction of sp³-hybridized carbons (Fsp3) is 0.444. The Labute approximate surface area is 221 Å². The third kappa shape index (κ3) is 7.46. The molecule has 8 heteroatoms. The Kier molecular flexibility index (Phi) is 10.6. The van der Waals surface area contributed by atoms with Crippen molar-refractivity contribution in [1.82, 2.24) is 9.80 Å². The van der Waals surface area contributed by atoms with Gasteiger partial charge in [-0.15, -0.1) is 11.6 Å².